The summed E-state index contributed by atoms with van der Waals surface area (Å²) in [7, 11) is 0. The zero-order valence-corrected chi connectivity index (χ0v) is 16.0. The lowest BCUT2D eigenvalue weighted by molar-refractivity contribution is 0.0954. The molecule has 0 saturated heterocycles. The maximum absolute atomic E-state index is 12.3. The van der Waals surface area contributed by atoms with E-state index in [0.29, 0.717) is 34.1 Å². The van der Waals surface area contributed by atoms with Crippen LogP contribution in [0.1, 0.15) is 27.0 Å². The third-order valence-corrected chi connectivity index (χ3v) is 4.82. The van der Waals surface area contributed by atoms with Gasteiger partial charge in [0, 0.05) is 16.1 Å². The first-order valence-electron chi connectivity index (χ1n) is 8.88. The van der Waals surface area contributed by atoms with Crippen molar-refractivity contribution >= 4 is 23.7 Å². The molecule has 0 atom stereocenters. The fraction of sp³-hybridized carbons (Fsp3) is 0.0909. The zero-order chi connectivity index (χ0) is 20.2. The van der Waals surface area contributed by atoms with Crippen LogP contribution in [-0.2, 0) is 6.42 Å². The summed E-state index contributed by atoms with van der Waals surface area (Å²) >= 11 is 6.22. The number of amides is 1. The summed E-state index contributed by atoms with van der Waals surface area (Å²) in [5.74, 6) is 0.789. The van der Waals surface area contributed by atoms with Gasteiger partial charge in [0.25, 0.3) is 5.91 Å². The van der Waals surface area contributed by atoms with Gasteiger partial charge in [-0.05, 0) is 53.9 Å². The summed E-state index contributed by atoms with van der Waals surface area (Å²) in [6.07, 6.45) is 2.01. The maximum Gasteiger partial charge on any atom is 0.271 e. The highest BCUT2D eigenvalue weighted by Gasteiger charge is 2.16. The molecule has 1 heterocycles. The second-order valence-corrected chi connectivity index (χ2v) is 6.84. The molecule has 0 radical (unpaired) electrons. The molecule has 2 N–H and O–H groups in total. The Labute approximate surface area is 172 Å². The predicted octanol–water partition coefficient (Wildman–Crippen LogP) is 4.13. The molecule has 1 amide bonds. The van der Waals surface area contributed by atoms with E-state index in [1.165, 1.54) is 6.21 Å². The van der Waals surface area contributed by atoms with Gasteiger partial charge in [-0.3, -0.25) is 4.79 Å². The van der Waals surface area contributed by atoms with Crippen molar-refractivity contribution in [2.45, 2.75) is 6.42 Å². The van der Waals surface area contributed by atoms with E-state index >= 15 is 0 Å². The van der Waals surface area contributed by atoms with Gasteiger partial charge in [0.2, 0.25) is 6.79 Å². The Kier molecular flexibility index (Phi) is 5.35. The van der Waals surface area contributed by atoms with Crippen molar-refractivity contribution in [1.82, 2.24) is 5.43 Å². The van der Waals surface area contributed by atoms with Gasteiger partial charge in [-0.25, -0.2) is 5.43 Å². The van der Waals surface area contributed by atoms with Gasteiger partial charge >= 0.3 is 0 Å². The van der Waals surface area contributed by atoms with Crippen LogP contribution < -0.4 is 14.9 Å². The summed E-state index contributed by atoms with van der Waals surface area (Å²) in [5.41, 5.74) is 5.27. The Morgan fingerprint density at radius 3 is 2.79 bits per heavy atom. The normalized spacial score (nSPS) is 12.3. The van der Waals surface area contributed by atoms with Crippen LogP contribution in [0.4, 0.5) is 0 Å². The average molecular weight is 409 g/mol. The number of carbonyl (C=O) groups is 1. The number of nitrogens with zero attached hydrogens (tertiary/aromatic N) is 1. The fourth-order valence-electron chi connectivity index (χ4n) is 2.94. The lowest BCUT2D eigenvalue weighted by Gasteiger charge is -2.07. The Balaban J connectivity index is 1.45. The highest BCUT2D eigenvalue weighted by molar-refractivity contribution is 6.31. The molecule has 0 bridgehead atoms. The first-order chi connectivity index (χ1) is 14.1. The lowest BCUT2D eigenvalue weighted by Crippen LogP contribution is -2.17. The summed E-state index contributed by atoms with van der Waals surface area (Å²) in [5, 5.41) is 14.7. The number of carbonyl (C=O) groups excluding carboxylic acids is 1. The third-order valence-electron chi connectivity index (χ3n) is 4.45. The monoisotopic (exact) mass is 408 g/mol. The quantitative estimate of drug-likeness (QED) is 0.491. The fourth-order valence-corrected chi connectivity index (χ4v) is 3.14. The van der Waals surface area contributed by atoms with Crippen LogP contribution in [0.2, 0.25) is 5.02 Å². The summed E-state index contributed by atoms with van der Waals surface area (Å²) in [4.78, 5) is 12.3. The van der Waals surface area contributed by atoms with Crippen LogP contribution in [0.3, 0.4) is 0 Å². The molecule has 1 aliphatic heterocycles. The van der Waals surface area contributed by atoms with Crippen molar-refractivity contribution in [2.24, 2.45) is 5.10 Å². The molecule has 0 unspecified atom stereocenters. The Hall–Kier alpha value is -3.51. The molecule has 0 saturated carbocycles. The number of phenolic OH excluding ortho intramolecular Hbond substituents is 1. The molecule has 4 rings (SSSR count). The third kappa shape index (κ3) is 4.33. The Morgan fingerprint density at radius 1 is 1.10 bits per heavy atom. The number of ether oxygens (including phenoxy) is 2. The van der Waals surface area contributed by atoms with E-state index < -0.39 is 5.91 Å². The van der Waals surface area contributed by atoms with Crippen molar-refractivity contribution in [2.75, 3.05) is 6.79 Å². The molecule has 7 heteroatoms. The van der Waals surface area contributed by atoms with E-state index in [2.05, 4.69) is 10.5 Å². The van der Waals surface area contributed by atoms with Crippen LogP contribution in [-0.4, -0.2) is 24.0 Å². The number of hydrazone groups is 1. The molecule has 146 valence electrons. The van der Waals surface area contributed by atoms with Gasteiger partial charge in [-0.15, -0.1) is 0 Å². The number of aromatic hydroxyl groups is 1. The van der Waals surface area contributed by atoms with Crippen molar-refractivity contribution < 1.29 is 19.4 Å². The van der Waals surface area contributed by atoms with Gasteiger partial charge in [0.15, 0.2) is 11.5 Å². The summed E-state index contributed by atoms with van der Waals surface area (Å²) in [6, 6.07) is 17.7. The highest BCUT2D eigenvalue weighted by Crippen LogP contribution is 2.32. The second-order valence-electron chi connectivity index (χ2n) is 6.43. The molecule has 0 spiro atoms. The van der Waals surface area contributed by atoms with E-state index in [1.807, 2.05) is 30.3 Å². The number of halogens is 1. The molecule has 3 aromatic rings. The first-order valence-corrected chi connectivity index (χ1v) is 9.26. The topological polar surface area (TPSA) is 80.2 Å². The minimum atomic E-state index is -0.397. The number of rotatable bonds is 5. The average Bonchev–Trinajstić information content (AvgIpc) is 3.19. The van der Waals surface area contributed by atoms with Gasteiger partial charge in [0.05, 0.1) is 6.21 Å². The minimum absolute atomic E-state index is 0.0639. The second kappa shape index (κ2) is 8.24. The van der Waals surface area contributed by atoms with E-state index in [4.69, 9.17) is 21.1 Å². The molecular weight excluding hydrogens is 392 g/mol. The number of benzene rings is 3. The number of hydrogen-bond donors (Lipinski definition) is 2. The molecule has 29 heavy (non-hydrogen) atoms. The molecule has 0 aliphatic carbocycles. The summed E-state index contributed by atoms with van der Waals surface area (Å²) in [6.45, 7) is 0.141. The van der Waals surface area contributed by atoms with Crippen LogP contribution in [0, 0.1) is 0 Å². The molecule has 0 aromatic heterocycles. The Bertz CT molecular complexity index is 1100. The molecule has 3 aromatic carbocycles. The summed E-state index contributed by atoms with van der Waals surface area (Å²) < 4.78 is 10.5. The van der Waals surface area contributed by atoms with Crippen molar-refractivity contribution in [3.63, 3.8) is 0 Å². The number of phenols is 1. The number of nitrogens with one attached hydrogen (secondary N) is 1. The zero-order valence-electron chi connectivity index (χ0n) is 15.3. The van der Waals surface area contributed by atoms with Crippen LogP contribution in [0.25, 0.3) is 0 Å². The largest absolute Gasteiger partial charge is 0.507 e. The van der Waals surface area contributed by atoms with Gasteiger partial charge < -0.3 is 14.6 Å². The number of fused-ring (bicyclic) bond motifs is 1. The van der Waals surface area contributed by atoms with Crippen molar-refractivity contribution in [1.29, 1.82) is 0 Å². The van der Waals surface area contributed by atoms with E-state index in [-0.39, 0.29) is 12.5 Å². The molecule has 0 fully saturated rings. The number of hydrogen-bond acceptors (Lipinski definition) is 5. The first kappa shape index (κ1) is 18.8. The van der Waals surface area contributed by atoms with Crippen molar-refractivity contribution in [3.05, 3.63) is 87.9 Å². The highest BCUT2D eigenvalue weighted by atomic mass is 35.5. The van der Waals surface area contributed by atoms with E-state index in [0.717, 1.165) is 11.1 Å². The smallest absolute Gasteiger partial charge is 0.271 e. The minimum Gasteiger partial charge on any atom is -0.507 e. The Morgan fingerprint density at radius 2 is 1.93 bits per heavy atom. The predicted molar refractivity (Wildman–Crippen MR) is 110 cm³/mol. The van der Waals surface area contributed by atoms with Crippen LogP contribution in [0.5, 0.6) is 17.2 Å². The van der Waals surface area contributed by atoms with E-state index in [9.17, 15) is 9.90 Å². The molecule has 6 nitrogen and oxygen atoms in total. The van der Waals surface area contributed by atoms with Crippen LogP contribution >= 0.6 is 11.6 Å². The lowest BCUT2D eigenvalue weighted by atomic mass is 10.0. The van der Waals surface area contributed by atoms with Gasteiger partial charge in [-0.1, -0.05) is 35.9 Å². The van der Waals surface area contributed by atoms with E-state index in [1.54, 1.807) is 30.3 Å². The van der Waals surface area contributed by atoms with Gasteiger partial charge in [-0.2, -0.15) is 5.10 Å². The van der Waals surface area contributed by atoms with Crippen molar-refractivity contribution in [3.8, 4) is 17.2 Å². The standard InChI is InChI=1S/C22H17ClN2O4/c23-18-4-2-1-3-15(18)9-14-5-7-19(26)17(10-14)12-24-25-22(27)16-6-8-20-21(11-16)29-13-28-20/h1-8,10-12,26H,9,13H2,(H,25,27)/b24-12+. The molecular formula is C22H17ClN2O4. The molecule has 1 aliphatic rings. The van der Waals surface area contributed by atoms with Crippen LogP contribution in [0.15, 0.2) is 65.8 Å². The maximum atomic E-state index is 12.3. The SMILES string of the molecule is O=C(N/N=C/c1cc(Cc2ccccc2Cl)ccc1O)c1ccc2c(c1)OCO2. The van der Waals surface area contributed by atoms with Gasteiger partial charge in [0.1, 0.15) is 5.75 Å².